The molecule has 116 valence electrons. The van der Waals surface area contributed by atoms with Crippen LogP contribution in [0.1, 0.15) is 18.9 Å². The fraction of sp³-hybridized carbons (Fsp3) is 0.643. The second-order valence-electron chi connectivity index (χ2n) is 5.66. The van der Waals surface area contributed by atoms with Gasteiger partial charge in [-0.2, -0.15) is 4.31 Å². The minimum atomic E-state index is -3.03. The summed E-state index contributed by atoms with van der Waals surface area (Å²) in [5.74, 6) is 1.13. The zero-order valence-corrected chi connectivity index (χ0v) is 13.7. The number of rotatable bonds is 5. The van der Waals surface area contributed by atoms with Crippen LogP contribution in [0.15, 0.2) is 24.5 Å². The maximum Gasteiger partial charge on any atom is 0.213 e. The average Bonchev–Trinajstić information content (AvgIpc) is 2.89. The van der Waals surface area contributed by atoms with Crippen LogP contribution in [0.2, 0.25) is 0 Å². The number of aromatic nitrogens is 1. The van der Waals surface area contributed by atoms with Gasteiger partial charge in [-0.15, -0.1) is 11.8 Å². The molecule has 0 N–H and O–H groups in total. The molecule has 5 nitrogen and oxygen atoms in total. The summed E-state index contributed by atoms with van der Waals surface area (Å²) in [6, 6.07) is 3.91. The highest BCUT2D eigenvalue weighted by Gasteiger charge is 2.52. The van der Waals surface area contributed by atoms with Gasteiger partial charge in [-0.05, 0) is 25.0 Å². The fourth-order valence-electron chi connectivity index (χ4n) is 2.80. The van der Waals surface area contributed by atoms with Crippen LogP contribution in [0.3, 0.4) is 0 Å². The molecule has 3 heterocycles. The molecule has 0 amide bonds. The Morgan fingerprint density at radius 1 is 1.52 bits per heavy atom. The molecule has 0 bridgehead atoms. The number of nitrogens with zero attached hydrogens (tertiary/aromatic N) is 2. The smallest absolute Gasteiger partial charge is 0.213 e. The number of ether oxygens (including phenoxy) is 1. The Hall–Kier alpha value is -0.630. The van der Waals surface area contributed by atoms with Gasteiger partial charge < -0.3 is 4.74 Å². The summed E-state index contributed by atoms with van der Waals surface area (Å²) < 4.78 is 31.2. The highest BCUT2D eigenvalue weighted by molar-refractivity contribution is 8.01. The molecule has 1 atom stereocenters. The van der Waals surface area contributed by atoms with Crippen LogP contribution in [-0.4, -0.2) is 53.2 Å². The molecule has 0 saturated carbocycles. The second-order valence-corrected chi connectivity index (χ2v) is 9.41. The quantitative estimate of drug-likeness (QED) is 0.820. The Balaban J connectivity index is 1.49. The number of pyridine rings is 1. The third-order valence-electron chi connectivity index (χ3n) is 4.07. The van der Waals surface area contributed by atoms with Crippen LogP contribution in [-0.2, 0) is 21.4 Å². The fourth-order valence-corrected chi connectivity index (χ4v) is 5.77. The molecular formula is C14H20N2O3S2. The molecule has 2 saturated heterocycles. The Bertz CT molecular complexity index is 585. The number of hydrogen-bond donors (Lipinski definition) is 0. The maximum absolute atomic E-state index is 11.8. The molecule has 21 heavy (non-hydrogen) atoms. The standard InChI is InChI=1S/C14H20N2O3S2/c1-2-21(17,18)16-10-14(11-16)6-13(9-20-14)19-8-12-4-3-5-15-7-12/h3-5,7,13H,2,6,8-11H2,1H3. The second kappa shape index (κ2) is 5.87. The lowest BCUT2D eigenvalue weighted by Crippen LogP contribution is -2.60. The summed E-state index contributed by atoms with van der Waals surface area (Å²) in [7, 11) is -3.03. The van der Waals surface area contributed by atoms with Gasteiger partial charge >= 0.3 is 0 Å². The number of sulfonamides is 1. The van der Waals surface area contributed by atoms with E-state index in [0.29, 0.717) is 19.7 Å². The topological polar surface area (TPSA) is 59.5 Å². The van der Waals surface area contributed by atoms with E-state index >= 15 is 0 Å². The summed E-state index contributed by atoms with van der Waals surface area (Å²) in [6.45, 7) is 3.55. The summed E-state index contributed by atoms with van der Waals surface area (Å²) in [4.78, 5) is 4.07. The predicted octanol–water partition coefficient (Wildman–Crippen LogP) is 1.51. The first kappa shape index (κ1) is 15.3. The first-order valence-electron chi connectivity index (χ1n) is 7.15. The van der Waals surface area contributed by atoms with Gasteiger partial charge in [0.25, 0.3) is 0 Å². The van der Waals surface area contributed by atoms with Gasteiger partial charge in [0.1, 0.15) is 0 Å². The van der Waals surface area contributed by atoms with Crippen LogP contribution in [0.4, 0.5) is 0 Å². The molecule has 1 aromatic rings. The van der Waals surface area contributed by atoms with Crippen molar-refractivity contribution in [3.05, 3.63) is 30.1 Å². The lowest BCUT2D eigenvalue weighted by atomic mass is 9.95. The maximum atomic E-state index is 11.8. The van der Waals surface area contributed by atoms with Crippen molar-refractivity contribution in [3.63, 3.8) is 0 Å². The molecule has 7 heteroatoms. The van der Waals surface area contributed by atoms with Crippen LogP contribution < -0.4 is 0 Å². The van der Waals surface area contributed by atoms with Gasteiger partial charge in [0, 0.05) is 36.0 Å². The molecule has 1 unspecified atom stereocenters. The van der Waals surface area contributed by atoms with Crippen molar-refractivity contribution in [1.29, 1.82) is 0 Å². The lowest BCUT2D eigenvalue weighted by Gasteiger charge is -2.46. The summed E-state index contributed by atoms with van der Waals surface area (Å²) in [6.07, 6.45) is 4.72. The first-order chi connectivity index (χ1) is 10.0. The van der Waals surface area contributed by atoms with Crippen LogP contribution in [0, 0.1) is 0 Å². The monoisotopic (exact) mass is 328 g/mol. The zero-order valence-electron chi connectivity index (χ0n) is 12.1. The lowest BCUT2D eigenvalue weighted by molar-refractivity contribution is 0.0396. The van der Waals surface area contributed by atoms with E-state index in [9.17, 15) is 8.42 Å². The Morgan fingerprint density at radius 2 is 2.33 bits per heavy atom. The van der Waals surface area contributed by atoms with E-state index in [1.54, 1.807) is 17.4 Å². The zero-order chi connectivity index (χ0) is 14.9. The van der Waals surface area contributed by atoms with E-state index in [2.05, 4.69) is 4.98 Å². The van der Waals surface area contributed by atoms with E-state index in [4.69, 9.17) is 4.74 Å². The molecule has 0 aliphatic carbocycles. The van der Waals surface area contributed by atoms with Gasteiger partial charge in [0.15, 0.2) is 0 Å². The Morgan fingerprint density at radius 3 is 3.00 bits per heavy atom. The third kappa shape index (κ3) is 3.26. The van der Waals surface area contributed by atoms with Crippen LogP contribution in [0.25, 0.3) is 0 Å². The van der Waals surface area contributed by atoms with Gasteiger partial charge in [-0.1, -0.05) is 6.07 Å². The van der Waals surface area contributed by atoms with Crippen molar-refractivity contribution in [1.82, 2.24) is 9.29 Å². The molecule has 2 fully saturated rings. The van der Waals surface area contributed by atoms with E-state index in [0.717, 1.165) is 17.7 Å². The third-order valence-corrected chi connectivity index (χ3v) is 7.42. The molecule has 0 radical (unpaired) electrons. The van der Waals surface area contributed by atoms with Crippen molar-refractivity contribution < 1.29 is 13.2 Å². The highest BCUT2D eigenvalue weighted by atomic mass is 32.2. The molecule has 0 aromatic carbocycles. The molecule has 2 aliphatic heterocycles. The summed E-state index contributed by atoms with van der Waals surface area (Å²) in [5.41, 5.74) is 1.08. The SMILES string of the molecule is CCS(=O)(=O)N1CC2(CC(OCc3cccnc3)CS2)C1. The molecule has 1 aromatic heterocycles. The Kier molecular flexibility index (Phi) is 4.27. The van der Waals surface area contributed by atoms with Crippen molar-refractivity contribution in [2.24, 2.45) is 0 Å². The first-order valence-corrected chi connectivity index (χ1v) is 9.75. The van der Waals surface area contributed by atoms with Crippen molar-refractivity contribution in [2.75, 3.05) is 24.6 Å². The average molecular weight is 328 g/mol. The van der Waals surface area contributed by atoms with E-state index < -0.39 is 10.0 Å². The summed E-state index contributed by atoms with van der Waals surface area (Å²) in [5, 5.41) is 0. The minimum Gasteiger partial charge on any atom is -0.373 e. The normalized spacial score (nSPS) is 25.1. The van der Waals surface area contributed by atoms with Crippen molar-refractivity contribution in [3.8, 4) is 0 Å². The molecular weight excluding hydrogens is 308 g/mol. The summed E-state index contributed by atoms with van der Waals surface area (Å²) >= 11 is 1.86. The number of thioether (sulfide) groups is 1. The van der Waals surface area contributed by atoms with Gasteiger partial charge in [-0.25, -0.2) is 8.42 Å². The predicted molar refractivity (Wildman–Crippen MR) is 83.7 cm³/mol. The molecule has 2 aliphatic rings. The Labute approximate surface area is 130 Å². The van der Waals surface area contributed by atoms with E-state index in [1.165, 1.54) is 0 Å². The largest absolute Gasteiger partial charge is 0.373 e. The van der Waals surface area contributed by atoms with Crippen LogP contribution >= 0.6 is 11.8 Å². The molecule has 3 rings (SSSR count). The number of hydrogen-bond acceptors (Lipinski definition) is 5. The van der Waals surface area contributed by atoms with Crippen molar-refractivity contribution >= 4 is 21.8 Å². The van der Waals surface area contributed by atoms with Gasteiger partial charge in [-0.3, -0.25) is 4.98 Å². The van der Waals surface area contributed by atoms with Gasteiger partial charge in [0.05, 0.1) is 18.5 Å². The van der Waals surface area contributed by atoms with Crippen LogP contribution in [0.5, 0.6) is 0 Å². The van der Waals surface area contributed by atoms with Gasteiger partial charge in [0.2, 0.25) is 10.0 Å². The van der Waals surface area contributed by atoms with E-state index in [-0.39, 0.29) is 16.6 Å². The van der Waals surface area contributed by atoms with E-state index in [1.807, 2.05) is 30.1 Å². The highest BCUT2D eigenvalue weighted by Crippen LogP contribution is 2.47. The minimum absolute atomic E-state index is 0.0852. The van der Waals surface area contributed by atoms with Crippen molar-refractivity contribution in [2.45, 2.75) is 30.8 Å². The molecule has 1 spiro atoms.